The van der Waals surface area contributed by atoms with Gasteiger partial charge in [-0.05, 0) is 0 Å². The highest BCUT2D eigenvalue weighted by Gasteiger charge is 2.06. The van der Waals surface area contributed by atoms with Gasteiger partial charge >= 0.3 is 0 Å². The van der Waals surface area contributed by atoms with Gasteiger partial charge in [0.25, 0.3) is 0 Å². The first-order valence-electron chi connectivity index (χ1n) is 2.65. The molecular weight excluding hydrogens is 120 g/mol. The molecule has 0 unspecified atom stereocenters. The molecule has 0 saturated carbocycles. The van der Waals surface area contributed by atoms with Crippen LogP contribution in [0.5, 0.6) is 0 Å². The second kappa shape index (κ2) is 2.31. The van der Waals surface area contributed by atoms with Gasteiger partial charge < -0.3 is 11.1 Å². The molecule has 0 aromatic rings. The van der Waals surface area contributed by atoms with Gasteiger partial charge in [-0.3, -0.25) is 0 Å². The van der Waals surface area contributed by atoms with Crippen LogP contribution < -0.4 is 11.1 Å². The van der Waals surface area contributed by atoms with E-state index in [0.29, 0.717) is 5.25 Å². The number of hydrogen-bond acceptors (Lipinski definition) is 3. The van der Waals surface area contributed by atoms with Crippen LogP contribution in [-0.2, 0) is 0 Å². The Bertz CT molecular complexity index is 111. The monoisotopic (exact) mass is 130 g/mol. The Kier molecular flexibility index (Phi) is 1.68. The SMILES string of the molecule is C[C@@H]1CNC=C(N)S1. The highest BCUT2D eigenvalue weighted by molar-refractivity contribution is 8.03. The van der Waals surface area contributed by atoms with Crippen molar-refractivity contribution in [2.45, 2.75) is 12.2 Å². The van der Waals surface area contributed by atoms with Crippen molar-refractivity contribution in [2.24, 2.45) is 5.73 Å². The largest absolute Gasteiger partial charge is 0.392 e. The van der Waals surface area contributed by atoms with Gasteiger partial charge in [0.05, 0.1) is 5.03 Å². The molecule has 0 fully saturated rings. The van der Waals surface area contributed by atoms with Gasteiger partial charge in [-0.25, -0.2) is 0 Å². The number of rotatable bonds is 0. The molecule has 0 aliphatic carbocycles. The number of nitrogens with one attached hydrogen (secondary N) is 1. The zero-order chi connectivity index (χ0) is 5.98. The molecule has 0 saturated heterocycles. The Labute approximate surface area is 53.5 Å². The fraction of sp³-hybridized carbons (Fsp3) is 0.600. The normalized spacial score (nSPS) is 28.6. The van der Waals surface area contributed by atoms with Crippen LogP contribution in [0.4, 0.5) is 0 Å². The summed E-state index contributed by atoms with van der Waals surface area (Å²) >= 11 is 1.72. The highest BCUT2D eigenvalue weighted by Crippen LogP contribution is 2.18. The van der Waals surface area contributed by atoms with Crippen molar-refractivity contribution in [2.75, 3.05) is 6.54 Å². The van der Waals surface area contributed by atoms with Crippen molar-refractivity contribution in [1.29, 1.82) is 0 Å². The van der Waals surface area contributed by atoms with E-state index in [1.54, 1.807) is 11.8 Å². The summed E-state index contributed by atoms with van der Waals surface area (Å²) in [6.45, 7) is 3.18. The lowest BCUT2D eigenvalue weighted by molar-refractivity contribution is 0.810. The molecule has 1 aliphatic heterocycles. The first kappa shape index (κ1) is 5.82. The zero-order valence-corrected chi connectivity index (χ0v) is 5.66. The first-order valence-corrected chi connectivity index (χ1v) is 3.52. The van der Waals surface area contributed by atoms with Crippen molar-refractivity contribution in [1.82, 2.24) is 5.32 Å². The average molecular weight is 130 g/mol. The molecule has 0 spiro atoms. The second-order valence-electron chi connectivity index (χ2n) is 1.88. The average Bonchev–Trinajstić information content (AvgIpc) is 1.64. The van der Waals surface area contributed by atoms with E-state index in [1.807, 2.05) is 6.20 Å². The van der Waals surface area contributed by atoms with Crippen LogP contribution >= 0.6 is 11.8 Å². The van der Waals surface area contributed by atoms with E-state index in [9.17, 15) is 0 Å². The smallest absolute Gasteiger partial charge is 0.0818 e. The van der Waals surface area contributed by atoms with Gasteiger partial charge in [0.2, 0.25) is 0 Å². The van der Waals surface area contributed by atoms with Crippen LogP contribution in [0.3, 0.4) is 0 Å². The quantitative estimate of drug-likeness (QED) is 0.500. The summed E-state index contributed by atoms with van der Waals surface area (Å²) in [6, 6.07) is 0. The summed E-state index contributed by atoms with van der Waals surface area (Å²) in [5.41, 5.74) is 5.49. The minimum Gasteiger partial charge on any atom is -0.392 e. The molecule has 46 valence electrons. The maximum Gasteiger partial charge on any atom is 0.0818 e. The molecule has 0 amide bonds. The standard InChI is InChI=1S/C5H10N2S/c1-4-2-7-3-5(6)8-4/h3-4,7H,2,6H2,1H3/t4-/m1/s1. The summed E-state index contributed by atoms with van der Waals surface area (Å²) in [4.78, 5) is 0. The van der Waals surface area contributed by atoms with Crippen molar-refractivity contribution >= 4 is 11.8 Å². The molecular formula is C5H10N2S. The van der Waals surface area contributed by atoms with Gasteiger partial charge in [-0.2, -0.15) is 0 Å². The van der Waals surface area contributed by atoms with E-state index in [1.165, 1.54) is 0 Å². The van der Waals surface area contributed by atoms with Crippen molar-refractivity contribution in [3.63, 3.8) is 0 Å². The van der Waals surface area contributed by atoms with Gasteiger partial charge in [0.15, 0.2) is 0 Å². The Hall–Kier alpha value is -0.310. The van der Waals surface area contributed by atoms with Crippen molar-refractivity contribution in [3.8, 4) is 0 Å². The lowest BCUT2D eigenvalue weighted by atomic mass is 10.5. The fourth-order valence-electron chi connectivity index (χ4n) is 0.633. The second-order valence-corrected chi connectivity index (χ2v) is 3.40. The van der Waals surface area contributed by atoms with Crippen LogP contribution in [0.15, 0.2) is 11.2 Å². The van der Waals surface area contributed by atoms with E-state index < -0.39 is 0 Å². The van der Waals surface area contributed by atoms with E-state index in [-0.39, 0.29) is 0 Å². The summed E-state index contributed by atoms with van der Waals surface area (Å²) in [6.07, 6.45) is 1.85. The highest BCUT2D eigenvalue weighted by atomic mass is 32.2. The number of nitrogens with two attached hydrogens (primary N) is 1. The maximum atomic E-state index is 5.49. The summed E-state index contributed by atoms with van der Waals surface area (Å²) in [7, 11) is 0. The van der Waals surface area contributed by atoms with Crippen LogP contribution in [0, 0.1) is 0 Å². The van der Waals surface area contributed by atoms with Crippen LogP contribution in [0.25, 0.3) is 0 Å². The van der Waals surface area contributed by atoms with E-state index >= 15 is 0 Å². The van der Waals surface area contributed by atoms with Crippen molar-refractivity contribution in [3.05, 3.63) is 11.2 Å². The topological polar surface area (TPSA) is 38.0 Å². The molecule has 1 aliphatic rings. The fourth-order valence-corrected chi connectivity index (χ4v) is 1.43. The zero-order valence-electron chi connectivity index (χ0n) is 4.85. The van der Waals surface area contributed by atoms with E-state index in [0.717, 1.165) is 11.6 Å². The van der Waals surface area contributed by atoms with E-state index in [2.05, 4.69) is 12.2 Å². The summed E-state index contributed by atoms with van der Waals surface area (Å²) in [5, 5.41) is 4.59. The van der Waals surface area contributed by atoms with Gasteiger partial charge in [-0.1, -0.05) is 6.92 Å². The molecule has 8 heavy (non-hydrogen) atoms. The van der Waals surface area contributed by atoms with Crippen molar-refractivity contribution < 1.29 is 0 Å². The molecule has 1 atom stereocenters. The Balaban J connectivity index is 2.45. The van der Waals surface area contributed by atoms with Gasteiger partial charge in [0, 0.05) is 18.0 Å². The molecule has 3 heteroatoms. The van der Waals surface area contributed by atoms with Crippen LogP contribution in [0.1, 0.15) is 6.92 Å². The third-order valence-electron chi connectivity index (χ3n) is 0.987. The van der Waals surface area contributed by atoms with Gasteiger partial charge in [-0.15, -0.1) is 11.8 Å². The molecule has 3 N–H and O–H groups in total. The molecule has 0 aromatic heterocycles. The molecule has 0 aromatic carbocycles. The minimum atomic E-state index is 0.625. The predicted molar refractivity (Wildman–Crippen MR) is 37.3 cm³/mol. The Morgan fingerprint density at radius 2 is 2.75 bits per heavy atom. The van der Waals surface area contributed by atoms with Crippen LogP contribution in [-0.4, -0.2) is 11.8 Å². The summed E-state index contributed by atoms with van der Waals surface area (Å²) < 4.78 is 0. The molecule has 0 bridgehead atoms. The number of thioether (sulfide) groups is 1. The molecule has 2 nitrogen and oxygen atoms in total. The molecule has 1 heterocycles. The first-order chi connectivity index (χ1) is 3.79. The predicted octanol–water partition coefficient (Wildman–Crippen LogP) is 0.469. The van der Waals surface area contributed by atoms with Gasteiger partial charge in [0.1, 0.15) is 0 Å². The lowest BCUT2D eigenvalue weighted by Crippen LogP contribution is -2.24. The number of hydrogen-bond donors (Lipinski definition) is 2. The molecule has 0 radical (unpaired) electrons. The molecule has 1 rings (SSSR count). The Morgan fingerprint density at radius 1 is 2.00 bits per heavy atom. The lowest BCUT2D eigenvalue weighted by Gasteiger charge is -2.16. The minimum absolute atomic E-state index is 0.625. The van der Waals surface area contributed by atoms with E-state index in [4.69, 9.17) is 5.73 Å². The summed E-state index contributed by atoms with van der Waals surface area (Å²) in [5.74, 6) is 0. The third-order valence-corrected chi connectivity index (χ3v) is 1.95. The van der Waals surface area contributed by atoms with Crippen LogP contribution in [0.2, 0.25) is 0 Å². The maximum absolute atomic E-state index is 5.49. The Morgan fingerprint density at radius 3 is 3.12 bits per heavy atom. The third kappa shape index (κ3) is 1.33.